The van der Waals surface area contributed by atoms with Gasteiger partial charge in [0.1, 0.15) is 0 Å². The molecule has 0 radical (unpaired) electrons. The van der Waals surface area contributed by atoms with Crippen molar-refractivity contribution in [2.45, 2.75) is 57.8 Å². The third-order valence-corrected chi connectivity index (χ3v) is 16.7. The summed E-state index contributed by atoms with van der Waals surface area (Å²) in [5.41, 5.74) is 25.6. The van der Waals surface area contributed by atoms with Crippen LogP contribution in [0.25, 0.3) is 60.9 Å². The fraction of sp³-hybridized carbons (Fsp3) is 0.130. The van der Waals surface area contributed by atoms with Crippen LogP contribution in [-0.2, 0) is 16.2 Å². The van der Waals surface area contributed by atoms with Crippen molar-refractivity contribution in [2.24, 2.45) is 0 Å². The summed E-state index contributed by atoms with van der Waals surface area (Å²) in [7, 11) is 0. The Hall–Kier alpha value is -8.40. The smallest absolute Gasteiger partial charge is 0.0544 e. The molecule has 11 aromatic rings. The highest BCUT2D eigenvalue weighted by Crippen LogP contribution is 2.55. The summed E-state index contributed by atoms with van der Waals surface area (Å²) < 4.78 is 2.54. The number of rotatable bonds is 7. The minimum absolute atomic E-state index is 0.162. The highest BCUT2D eigenvalue weighted by molar-refractivity contribution is 6.12. The van der Waals surface area contributed by atoms with Crippen LogP contribution in [0.4, 0.5) is 34.1 Å². The second-order valence-electron chi connectivity index (χ2n) is 21.8. The third kappa shape index (κ3) is 6.04. The Bertz CT molecular complexity index is 3850. The van der Waals surface area contributed by atoms with E-state index in [1.165, 1.54) is 88.6 Å². The zero-order chi connectivity index (χ0) is 48.7. The first-order valence-electron chi connectivity index (χ1n) is 25.5. The molecule has 0 atom stereocenters. The fourth-order valence-corrected chi connectivity index (χ4v) is 13.1. The van der Waals surface area contributed by atoms with Crippen molar-refractivity contribution in [1.82, 2.24) is 4.57 Å². The van der Waals surface area contributed by atoms with Crippen LogP contribution < -0.4 is 9.80 Å². The van der Waals surface area contributed by atoms with Gasteiger partial charge in [0.2, 0.25) is 0 Å². The van der Waals surface area contributed by atoms with Gasteiger partial charge in [-0.15, -0.1) is 0 Å². The van der Waals surface area contributed by atoms with Crippen molar-refractivity contribution in [3.05, 3.63) is 258 Å². The van der Waals surface area contributed by atoms with Gasteiger partial charge in [-0.25, -0.2) is 0 Å². The summed E-state index contributed by atoms with van der Waals surface area (Å²) in [6.07, 6.45) is 0. The monoisotopic (exact) mass is 925 g/mol. The predicted molar refractivity (Wildman–Crippen MR) is 303 cm³/mol. The van der Waals surface area contributed by atoms with Crippen LogP contribution >= 0.6 is 0 Å². The molecule has 0 saturated heterocycles. The predicted octanol–water partition coefficient (Wildman–Crippen LogP) is 18.6. The van der Waals surface area contributed by atoms with Crippen LogP contribution in [-0.4, -0.2) is 4.57 Å². The largest absolute Gasteiger partial charge is 0.310 e. The molecule has 3 aliphatic rings. The molecule has 0 aliphatic heterocycles. The molecule has 10 aromatic carbocycles. The van der Waals surface area contributed by atoms with E-state index < -0.39 is 0 Å². The molecule has 3 aliphatic carbocycles. The summed E-state index contributed by atoms with van der Waals surface area (Å²) in [5.74, 6) is 0. The molecule has 346 valence electrons. The zero-order valence-electron chi connectivity index (χ0n) is 41.7. The van der Waals surface area contributed by atoms with Crippen molar-refractivity contribution in [1.29, 1.82) is 0 Å². The molecule has 1 heterocycles. The van der Waals surface area contributed by atoms with E-state index in [1.54, 1.807) is 0 Å². The molecule has 0 amide bonds. The van der Waals surface area contributed by atoms with E-state index in [0.717, 1.165) is 39.8 Å². The lowest BCUT2D eigenvalue weighted by atomic mass is 9.82. The summed E-state index contributed by atoms with van der Waals surface area (Å²) in [4.78, 5) is 4.95. The Labute approximate surface area is 422 Å². The molecule has 0 spiro atoms. The van der Waals surface area contributed by atoms with E-state index >= 15 is 0 Å². The van der Waals surface area contributed by atoms with Crippen LogP contribution in [0.2, 0.25) is 0 Å². The van der Waals surface area contributed by atoms with E-state index in [9.17, 15) is 0 Å². The highest BCUT2D eigenvalue weighted by Gasteiger charge is 2.39. The van der Waals surface area contributed by atoms with Crippen LogP contribution in [0.1, 0.15) is 74.9 Å². The van der Waals surface area contributed by atoms with Gasteiger partial charge in [-0.3, -0.25) is 0 Å². The fourth-order valence-electron chi connectivity index (χ4n) is 13.1. The van der Waals surface area contributed by atoms with Crippen LogP contribution in [0.5, 0.6) is 0 Å². The molecule has 3 nitrogen and oxygen atoms in total. The van der Waals surface area contributed by atoms with E-state index in [4.69, 9.17) is 0 Å². The van der Waals surface area contributed by atoms with E-state index in [0.29, 0.717) is 0 Å². The van der Waals surface area contributed by atoms with Gasteiger partial charge < -0.3 is 14.4 Å². The average Bonchev–Trinajstić information content (AvgIpc) is 4.02. The van der Waals surface area contributed by atoms with Gasteiger partial charge in [0, 0.05) is 49.8 Å². The van der Waals surface area contributed by atoms with Crippen molar-refractivity contribution in [3.63, 3.8) is 0 Å². The van der Waals surface area contributed by atoms with E-state index in [-0.39, 0.29) is 16.2 Å². The minimum atomic E-state index is -0.168. The van der Waals surface area contributed by atoms with Gasteiger partial charge in [-0.2, -0.15) is 0 Å². The standard InChI is InChI=1S/C69H55N3/c1-67(2)59-29-17-13-25-51(59)54-35-33-46(40-62(54)67)70(44-21-9-7-10-22-44)48-37-49(71(45-23-11-8-12-24-45)47-34-36-55-52-26-14-18-30-60(52)68(3,4)63(55)41-47)39-50(38-48)72-65-32-20-16-28-56(65)58-42-57-53-27-15-19-31-61(53)69(5,6)64(57)43-66(58)72/h7-43H,1-6H3. The van der Waals surface area contributed by atoms with Crippen molar-refractivity contribution < 1.29 is 0 Å². The molecule has 0 unspecified atom stereocenters. The molecular formula is C69H55N3. The second kappa shape index (κ2) is 15.3. The molecule has 0 N–H and O–H groups in total. The van der Waals surface area contributed by atoms with Gasteiger partial charge in [0.25, 0.3) is 0 Å². The molecule has 0 saturated carbocycles. The molecule has 3 heteroatoms. The number of para-hydroxylation sites is 3. The van der Waals surface area contributed by atoms with Crippen molar-refractivity contribution >= 4 is 55.9 Å². The molecule has 1 aromatic heterocycles. The normalized spacial score (nSPS) is 14.9. The maximum absolute atomic E-state index is 2.54. The number of benzene rings is 10. The second-order valence-corrected chi connectivity index (χ2v) is 21.8. The SMILES string of the molecule is CC1(C)c2ccccc2-c2ccc(N(c3ccccc3)c3cc(N(c4ccccc4)c4ccc5c(c4)C(C)(C)c4ccccc4-5)cc(-n4c5ccccc5c5cc6c(cc54)C(C)(C)c4ccccc4-6)c3)cc21. The first-order valence-corrected chi connectivity index (χ1v) is 25.5. The Kier molecular flexibility index (Phi) is 9.03. The third-order valence-electron chi connectivity index (χ3n) is 16.7. The first-order chi connectivity index (χ1) is 35.0. The van der Waals surface area contributed by atoms with Gasteiger partial charge >= 0.3 is 0 Å². The van der Waals surface area contributed by atoms with Crippen LogP contribution in [0.15, 0.2) is 224 Å². The Balaban J connectivity index is 1.06. The number of aromatic nitrogens is 1. The molecule has 0 bridgehead atoms. The first kappa shape index (κ1) is 42.5. The van der Waals surface area contributed by atoms with Crippen molar-refractivity contribution in [3.8, 4) is 39.1 Å². The lowest BCUT2D eigenvalue weighted by Gasteiger charge is -2.32. The maximum Gasteiger partial charge on any atom is 0.0544 e. The number of nitrogens with zero attached hydrogens (tertiary/aromatic N) is 3. The Morgan fingerprint density at radius 2 is 0.667 bits per heavy atom. The van der Waals surface area contributed by atoms with E-state index in [1.807, 2.05) is 0 Å². The van der Waals surface area contributed by atoms with Gasteiger partial charge in [0.15, 0.2) is 0 Å². The highest BCUT2D eigenvalue weighted by atomic mass is 15.2. The summed E-state index contributed by atoms with van der Waals surface area (Å²) >= 11 is 0. The molecule has 14 rings (SSSR count). The lowest BCUT2D eigenvalue weighted by molar-refractivity contribution is 0.660. The molecule has 72 heavy (non-hydrogen) atoms. The summed E-state index contributed by atoms with van der Waals surface area (Å²) in [6.45, 7) is 14.3. The summed E-state index contributed by atoms with van der Waals surface area (Å²) in [6, 6.07) is 84.2. The maximum atomic E-state index is 2.54. The number of hydrogen-bond donors (Lipinski definition) is 0. The average molecular weight is 926 g/mol. The number of anilines is 6. The number of fused-ring (bicyclic) bond motifs is 12. The minimum Gasteiger partial charge on any atom is -0.310 e. The topological polar surface area (TPSA) is 11.4 Å². The molecule has 0 fully saturated rings. The van der Waals surface area contributed by atoms with E-state index in [2.05, 4.69) is 280 Å². The zero-order valence-corrected chi connectivity index (χ0v) is 41.7. The summed E-state index contributed by atoms with van der Waals surface area (Å²) in [5, 5.41) is 2.49. The Morgan fingerprint density at radius 3 is 1.17 bits per heavy atom. The Morgan fingerprint density at radius 1 is 0.264 bits per heavy atom. The van der Waals surface area contributed by atoms with Gasteiger partial charge in [-0.1, -0.05) is 181 Å². The van der Waals surface area contributed by atoms with Gasteiger partial charge in [-0.05, 0) is 152 Å². The lowest BCUT2D eigenvalue weighted by Crippen LogP contribution is -2.18. The number of hydrogen-bond acceptors (Lipinski definition) is 2. The quantitative estimate of drug-likeness (QED) is 0.158. The van der Waals surface area contributed by atoms with Crippen molar-refractivity contribution in [2.75, 3.05) is 9.80 Å². The van der Waals surface area contributed by atoms with Crippen LogP contribution in [0.3, 0.4) is 0 Å². The molecular weight excluding hydrogens is 871 g/mol. The van der Waals surface area contributed by atoms with Gasteiger partial charge in [0.05, 0.1) is 28.1 Å². The van der Waals surface area contributed by atoms with Crippen LogP contribution in [0, 0.1) is 0 Å².